The van der Waals surface area contributed by atoms with Crippen molar-refractivity contribution < 1.29 is 24.5 Å². The van der Waals surface area contributed by atoms with E-state index in [1.54, 1.807) is 24.3 Å². The van der Waals surface area contributed by atoms with Crippen molar-refractivity contribution in [1.29, 1.82) is 0 Å². The molecule has 4 rings (SSSR count). The van der Waals surface area contributed by atoms with Crippen LogP contribution in [0.4, 0.5) is 0 Å². The molecule has 0 radical (unpaired) electrons. The van der Waals surface area contributed by atoms with E-state index in [0.717, 1.165) is 16.3 Å². The number of aromatic carboxylic acids is 2. The Kier molecular flexibility index (Phi) is 5.37. The molecule has 0 heterocycles. The number of benzene rings is 4. The van der Waals surface area contributed by atoms with Crippen molar-refractivity contribution in [2.45, 2.75) is 0 Å². The summed E-state index contributed by atoms with van der Waals surface area (Å²) in [5, 5.41) is 20.8. The molecule has 0 aliphatic heterocycles. The highest BCUT2D eigenvalue weighted by Gasteiger charge is 2.16. The van der Waals surface area contributed by atoms with Gasteiger partial charge in [0.15, 0.2) is 0 Å². The lowest BCUT2D eigenvalue weighted by atomic mass is 10.1. The number of fused-ring (bicyclic) bond motifs is 1. The van der Waals surface area contributed by atoms with Crippen molar-refractivity contribution in [3.05, 3.63) is 107 Å². The maximum Gasteiger partial charge on any atom is 0.339 e. The Labute approximate surface area is 178 Å². The summed E-state index contributed by atoms with van der Waals surface area (Å²) in [6, 6.07) is 24.5. The third-order valence-corrected chi connectivity index (χ3v) is 4.66. The number of hydrogen-bond acceptors (Lipinski definition) is 3. The summed E-state index contributed by atoms with van der Waals surface area (Å²) in [5.74, 6) is 4.05. The molecule has 0 amide bonds. The van der Waals surface area contributed by atoms with Crippen molar-refractivity contribution >= 4 is 22.7 Å². The Bertz CT molecular complexity index is 1380. The first kappa shape index (κ1) is 19.7. The molecule has 4 aromatic rings. The number of carboxylic acids is 2. The lowest BCUT2D eigenvalue weighted by molar-refractivity contribution is 0.0678. The molecule has 0 aromatic heterocycles. The lowest BCUT2D eigenvalue weighted by Crippen LogP contribution is -2.04. The van der Waals surface area contributed by atoms with Crippen LogP contribution in [0.25, 0.3) is 10.8 Å². The number of ether oxygens (including phenoxy) is 1. The number of rotatable bonds is 4. The Morgan fingerprint density at radius 1 is 0.677 bits per heavy atom. The molecule has 0 unspecified atom stereocenters. The van der Waals surface area contributed by atoms with Crippen LogP contribution in [0.5, 0.6) is 11.5 Å². The van der Waals surface area contributed by atoms with Crippen LogP contribution >= 0.6 is 0 Å². The zero-order valence-electron chi connectivity index (χ0n) is 16.2. The standard InChI is InChI=1S/C26H16O5/c27-25(28)21-13-14-22(26(29)30)24(16-21)31-23-8-4-3-6-19(23)12-10-17-9-11-18-5-1-2-7-20(18)15-17/h1-9,11,13-16H,(H,27,28)(H,29,30). The van der Waals surface area contributed by atoms with Gasteiger partial charge in [-0.2, -0.15) is 0 Å². The van der Waals surface area contributed by atoms with E-state index in [1.807, 2.05) is 42.5 Å². The van der Waals surface area contributed by atoms with Gasteiger partial charge in [-0.05, 0) is 53.2 Å². The first-order chi connectivity index (χ1) is 15.0. The molecule has 4 aromatic carbocycles. The Morgan fingerprint density at radius 2 is 1.42 bits per heavy atom. The third-order valence-electron chi connectivity index (χ3n) is 4.66. The van der Waals surface area contributed by atoms with Crippen LogP contribution in [0, 0.1) is 11.8 Å². The molecular weight excluding hydrogens is 392 g/mol. The van der Waals surface area contributed by atoms with Gasteiger partial charge in [0.1, 0.15) is 17.1 Å². The highest BCUT2D eigenvalue weighted by atomic mass is 16.5. The molecule has 0 saturated carbocycles. The van der Waals surface area contributed by atoms with E-state index in [0.29, 0.717) is 11.3 Å². The maximum atomic E-state index is 11.5. The molecule has 5 nitrogen and oxygen atoms in total. The summed E-state index contributed by atoms with van der Waals surface area (Å²) in [7, 11) is 0. The van der Waals surface area contributed by atoms with Crippen LogP contribution in [0.2, 0.25) is 0 Å². The normalized spacial score (nSPS) is 10.2. The molecule has 0 fully saturated rings. The SMILES string of the molecule is O=C(O)c1ccc(C(=O)O)c(Oc2ccccc2C#Cc2ccc3ccccc3c2)c1. The molecule has 0 aliphatic carbocycles. The maximum absolute atomic E-state index is 11.5. The topological polar surface area (TPSA) is 83.8 Å². The van der Waals surface area contributed by atoms with Gasteiger partial charge in [-0.15, -0.1) is 0 Å². The molecule has 0 spiro atoms. The molecule has 0 bridgehead atoms. The summed E-state index contributed by atoms with van der Waals surface area (Å²) in [5.41, 5.74) is 1.17. The lowest BCUT2D eigenvalue weighted by Gasteiger charge is -2.11. The largest absolute Gasteiger partial charge is 0.478 e. The second-order valence-corrected chi connectivity index (χ2v) is 6.73. The van der Waals surface area contributed by atoms with E-state index in [1.165, 1.54) is 18.2 Å². The smallest absolute Gasteiger partial charge is 0.339 e. The van der Waals surface area contributed by atoms with Crippen LogP contribution in [0.3, 0.4) is 0 Å². The van der Waals surface area contributed by atoms with E-state index >= 15 is 0 Å². The van der Waals surface area contributed by atoms with Crippen molar-refractivity contribution in [3.63, 3.8) is 0 Å². The molecular formula is C26H16O5. The molecule has 0 aliphatic rings. The Hall–Kier alpha value is -4.56. The zero-order chi connectivity index (χ0) is 21.8. The molecule has 5 heteroatoms. The summed E-state index contributed by atoms with van der Waals surface area (Å²) in [4.78, 5) is 22.8. The van der Waals surface area contributed by atoms with E-state index < -0.39 is 11.9 Å². The monoisotopic (exact) mass is 408 g/mol. The summed E-state index contributed by atoms with van der Waals surface area (Å²) < 4.78 is 5.80. The second-order valence-electron chi connectivity index (χ2n) is 6.73. The predicted molar refractivity (Wildman–Crippen MR) is 117 cm³/mol. The Morgan fingerprint density at radius 3 is 2.19 bits per heavy atom. The quantitative estimate of drug-likeness (QED) is 0.440. The van der Waals surface area contributed by atoms with Gasteiger partial charge in [-0.25, -0.2) is 9.59 Å². The van der Waals surface area contributed by atoms with Gasteiger partial charge in [-0.1, -0.05) is 54.3 Å². The highest BCUT2D eigenvalue weighted by molar-refractivity contribution is 5.94. The predicted octanol–water partition coefficient (Wildman–Crippen LogP) is 5.43. The van der Waals surface area contributed by atoms with Gasteiger partial charge >= 0.3 is 11.9 Å². The molecule has 0 atom stereocenters. The first-order valence-corrected chi connectivity index (χ1v) is 9.39. The van der Waals surface area contributed by atoms with Gasteiger partial charge in [0, 0.05) is 5.56 Å². The van der Waals surface area contributed by atoms with Crippen LogP contribution in [-0.4, -0.2) is 22.2 Å². The fraction of sp³-hybridized carbons (Fsp3) is 0. The fourth-order valence-corrected chi connectivity index (χ4v) is 3.10. The van der Waals surface area contributed by atoms with E-state index in [4.69, 9.17) is 4.74 Å². The molecule has 150 valence electrons. The number of carbonyl (C=O) groups is 2. The van der Waals surface area contributed by atoms with Gasteiger partial charge in [0.25, 0.3) is 0 Å². The Balaban J connectivity index is 1.70. The van der Waals surface area contributed by atoms with Gasteiger partial charge in [0.2, 0.25) is 0 Å². The summed E-state index contributed by atoms with van der Waals surface area (Å²) >= 11 is 0. The molecule has 31 heavy (non-hydrogen) atoms. The van der Waals surface area contributed by atoms with E-state index in [9.17, 15) is 19.8 Å². The minimum atomic E-state index is -1.22. The van der Waals surface area contributed by atoms with Crippen LogP contribution in [0.15, 0.2) is 84.9 Å². The van der Waals surface area contributed by atoms with Crippen LogP contribution < -0.4 is 4.74 Å². The van der Waals surface area contributed by atoms with Crippen LogP contribution in [-0.2, 0) is 0 Å². The summed E-state index contributed by atoms with van der Waals surface area (Å²) in [6.07, 6.45) is 0. The van der Waals surface area contributed by atoms with E-state index in [-0.39, 0.29) is 16.9 Å². The molecule has 0 saturated heterocycles. The van der Waals surface area contributed by atoms with Gasteiger partial charge < -0.3 is 14.9 Å². The highest BCUT2D eigenvalue weighted by Crippen LogP contribution is 2.29. The fourth-order valence-electron chi connectivity index (χ4n) is 3.10. The second kappa shape index (κ2) is 8.44. The number of para-hydroxylation sites is 1. The van der Waals surface area contributed by atoms with E-state index in [2.05, 4.69) is 11.8 Å². The van der Waals surface area contributed by atoms with Crippen LogP contribution in [0.1, 0.15) is 31.8 Å². The van der Waals surface area contributed by atoms with Crippen molar-refractivity contribution in [2.75, 3.05) is 0 Å². The summed E-state index contributed by atoms with van der Waals surface area (Å²) in [6.45, 7) is 0. The number of carboxylic acid groups (broad SMARTS) is 2. The average Bonchev–Trinajstić information content (AvgIpc) is 2.78. The van der Waals surface area contributed by atoms with Crippen molar-refractivity contribution in [3.8, 4) is 23.3 Å². The zero-order valence-corrected chi connectivity index (χ0v) is 16.2. The minimum Gasteiger partial charge on any atom is -0.478 e. The van der Waals surface area contributed by atoms with Gasteiger partial charge in [0.05, 0.1) is 11.1 Å². The number of hydrogen-bond donors (Lipinski definition) is 2. The minimum absolute atomic E-state index is 0.0626. The van der Waals surface area contributed by atoms with Crippen molar-refractivity contribution in [1.82, 2.24) is 0 Å². The van der Waals surface area contributed by atoms with Crippen molar-refractivity contribution in [2.24, 2.45) is 0 Å². The molecule has 2 N–H and O–H groups in total. The first-order valence-electron chi connectivity index (χ1n) is 9.39. The third kappa shape index (κ3) is 4.39. The average molecular weight is 408 g/mol. The van der Waals surface area contributed by atoms with Gasteiger partial charge in [-0.3, -0.25) is 0 Å².